The molecule has 0 unspecified atom stereocenters. The first-order chi connectivity index (χ1) is 19.5. The molecule has 2 fully saturated rings. The molecule has 1 N–H and O–H groups in total. The van der Waals surface area contributed by atoms with Crippen LogP contribution < -0.4 is 10.1 Å². The van der Waals surface area contributed by atoms with E-state index in [4.69, 9.17) is 13.7 Å². The van der Waals surface area contributed by atoms with Gasteiger partial charge in [0.15, 0.2) is 17.8 Å². The highest BCUT2D eigenvalue weighted by Crippen LogP contribution is 2.40. The number of hydrogen-bond donors (Lipinski definition) is 1. The average molecular weight is 548 g/mol. The normalized spacial score (nSPS) is 19.9. The third kappa shape index (κ3) is 5.59. The van der Waals surface area contributed by atoms with Gasteiger partial charge in [0, 0.05) is 44.7 Å². The lowest BCUT2D eigenvalue weighted by molar-refractivity contribution is 0.0485. The van der Waals surface area contributed by atoms with E-state index in [2.05, 4.69) is 15.5 Å². The standard InChI is InChI=1S/C29H33N5O6/c35-26-21-4-1-2-5-24(21)39-15-3-11-33(28(37)23-17-38-19-31-23)12-8-29(18-30-26)9-13-34(14-10-29)27(36)22-16-25(40-32-22)20-6-7-20/h1-2,4-5,16-17,19-20H,3,6-15,18H2,(H,30,35). The van der Waals surface area contributed by atoms with Crippen LogP contribution in [0.3, 0.4) is 0 Å². The molecule has 1 aromatic carbocycles. The van der Waals surface area contributed by atoms with Crippen molar-refractivity contribution in [2.75, 3.05) is 39.3 Å². The van der Waals surface area contributed by atoms with E-state index in [0.717, 1.165) is 18.6 Å². The molecule has 4 heterocycles. The number of nitrogens with zero attached hydrogens (tertiary/aromatic N) is 4. The smallest absolute Gasteiger partial charge is 0.276 e. The van der Waals surface area contributed by atoms with Gasteiger partial charge in [-0.25, -0.2) is 4.98 Å². The monoisotopic (exact) mass is 547 g/mol. The largest absolute Gasteiger partial charge is 0.493 e. The molecule has 40 heavy (non-hydrogen) atoms. The summed E-state index contributed by atoms with van der Waals surface area (Å²) in [5, 5.41) is 7.15. The van der Waals surface area contributed by atoms with Gasteiger partial charge in [-0.05, 0) is 56.1 Å². The molecule has 1 saturated carbocycles. The van der Waals surface area contributed by atoms with Crippen molar-refractivity contribution in [2.45, 2.75) is 44.4 Å². The first-order valence-electron chi connectivity index (χ1n) is 13.9. The lowest BCUT2D eigenvalue weighted by atomic mass is 9.75. The summed E-state index contributed by atoms with van der Waals surface area (Å²) in [6, 6.07) is 8.96. The Morgan fingerprint density at radius 2 is 1.70 bits per heavy atom. The van der Waals surface area contributed by atoms with E-state index in [0.29, 0.717) is 87.9 Å². The number of oxazole rings is 1. The zero-order valence-electron chi connectivity index (χ0n) is 22.3. The van der Waals surface area contributed by atoms with Gasteiger partial charge in [-0.1, -0.05) is 17.3 Å². The van der Waals surface area contributed by atoms with E-state index in [1.54, 1.807) is 23.1 Å². The molecule has 1 aliphatic carbocycles. The van der Waals surface area contributed by atoms with Gasteiger partial charge >= 0.3 is 0 Å². The number of fused-ring (bicyclic) bond motifs is 1. The van der Waals surface area contributed by atoms with E-state index in [1.165, 1.54) is 12.7 Å². The second-order valence-corrected chi connectivity index (χ2v) is 11.0. The molecule has 6 rings (SSSR count). The Morgan fingerprint density at radius 1 is 0.975 bits per heavy atom. The van der Waals surface area contributed by atoms with Gasteiger partial charge in [-0.2, -0.15) is 0 Å². The minimum atomic E-state index is -0.304. The first kappa shape index (κ1) is 26.1. The van der Waals surface area contributed by atoms with Crippen molar-refractivity contribution in [1.29, 1.82) is 0 Å². The Hall–Kier alpha value is -4.15. The van der Waals surface area contributed by atoms with Crippen LogP contribution in [0.2, 0.25) is 0 Å². The zero-order valence-corrected chi connectivity index (χ0v) is 22.3. The fourth-order valence-corrected chi connectivity index (χ4v) is 5.56. The molecule has 1 spiro atoms. The molecular formula is C29H33N5O6. The molecule has 2 aliphatic heterocycles. The highest BCUT2D eigenvalue weighted by Gasteiger charge is 2.38. The van der Waals surface area contributed by atoms with Crippen LogP contribution in [0.5, 0.6) is 5.75 Å². The Balaban J connectivity index is 1.20. The number of benzene rings is 1. The van der Waals surface area contributed by atoms with Gasteiger partial charge in [0.05, 0.1) is 12.2 Å². The van der Waals surface area contributed by atoms with Crippen LogP contribution in [-0.2, 0) is 0 Å². The van der Waals surface area contributed by atoms with Crippen LogP contribution in [0.1, 0.15) is 81.5 Å². The number of piperidine rings is 1. The molecule has 0 atom stereocenters. The van der Waals surface area contributed by atoms with Gasteiger partial charge in [0.1, 0.15) is 17.8 Å². The molecule has 3 aromatic rings. The van der Waals surface area contributed by atoms with Crippen LogP contribution >= 0.6 is 0 Å². The maximum Gasteiger partial charge on any atom is 0.276 e. The summed E-state index contributed by atoms with van der Waals surface area (Å²) in [6.45, 7) is 2.79. The molecule has 3 aliphatic rings. The number of amides is 3. The summed E-state index contributed by atoms with van der Waals surface area (Å²) in [5.74, 6) is 1.16. The van der Waals surface area contributed by atoms with Crippen molar-refractivity contribution < 1.29 is 28.1 Å². The number of nitrogens with one attached hydrogen (secondary N) is 1. The highest BCUT2D eigenvalue weighted by molar-refractivity contribution is 5.97. The SMILES string of the molecule is O=C1NCC2(CCN(C(=O)c3cocn3)CCCOc3ccccc31)CCN(C(=O)c1cc(C3CC3)on1)CC2. The van der Waals surface area contributed by atoms with Gasteiger partial charge in [0.2, 0.25) is 0 Å². The van der Waals surface area contributed by atoms with E-state index >= 15 is 0 Å². The molecule has 0 radical (unpaired) electrons. The number of ether oxygens (including phenoxy) is 1. The number of carbonyl (C=O) groups is 3. The van der Waals surface area contributed by atoms with Crippen molar-refractivity contribution in [2.24, 2.45) is 5.41 Å². The van der Waals surface area contributed by atoms with Crippen molar-refractivity contribution in [3.05, 3.63) is 65.7 Å². The van der Waals surface area contributed by atoms with Crippen molar-refractivity contribution >= 4 is 17.7 Å². The van der Waals surface area contributed by atoms with Gasteiger partial charge in [0.25, 0.3) is 17.7 Å². The Kier molecular flexibility index (Phi) is 7.27. The number of para-hydroxylation sites is 1. The van der Waals surface area contributed by atoms with Crippen molar-refractivity contribution in [3.8, 4) is 5.75 Å². The van der Waals surface area contributed by atoms with Crippen LogP contribution in [0.15, 0.2) is 51.9 Å². The molecule has 1 saturated heterocycles. The van der Waals surface area contributed by atoms with Gasteiger partial charge in [-0.3, -0.25) is 14.4 Å². The molecule has 11 nitrogen and oxygen atoms in total. The number of likely N-dealkylation sites (tertiary alicyclic amines) is 1. The fourth-order valence-electron chi connectivity index (χ4n) is 5.56. The number of aromatic nitrogens is 2. The molecule has 11 heteroatoms. The average Bonchev–Trinajstić information content (AvgIpc) is 3.45. The lowest BCUT2D eigenvalue weighted by Gasteiger charge is -2.42. The Bertz CT molecular complexity index is 1360. The minimum Gasteiger partial charge on any atom is -0.493 e. The number of rotatable bonds is 3. The summed E-state index contributed by atoms with van der Waals surface area (Å²) < 4.78 is 16.4. The van der Waals surface area contributed by atoms with Crippen LogP contribution in [0.4, 0.5) is 0 Å². The van der Waals surface area contributed by atoms with Crippen LogP contribution in [0.25, 0.3) is 0 Å². The zero-order chi connectivity index (χ0) is 27.5. The summed E-state index contributed by atoms with van der Waals surface area (Å²) >= 11 is 0. The van der Waals surface area contributed by atoms with Crippen LogP contribution in [-0.4, -0.2) is 77.0 Å². The van der Waals surface area contributed by atoms with E-state index in [1.807, 2.05) is 17.0 Å². The summed E-state index contributed by atoms with van der Waals surface area (Å²) in [7, 11) is 0. The summed E-state index contributed by atoms with van der Waals surface area (Å²) in [4.78, 5) is 47.3. The summed E-state index contributed by atoms with van der Waals surface area (Å²) in [5.41, 5.74) is 0.790. The summed E-state index contributed by atoms with van der Waals surface area (Å²) in [6.07, 6.45) is 7.37. The third-order valence-electron chi connectivity index (χ3n) is 8.27. The predicted molar refractivity (Wildman–Crippen MR) is 142 cm³/mol. The predicted octanol–water partition coefficient (Wildman–Crippen LogP) is 3.51. The quantitative estimate of drug-likeness (QED) is 0.527. The highest BCUT2D eigenvalue weighted by atomic mass is 16.5. The van der Waals surface area contributed by atoms with Crippen molar-refractivity contribution in [1.82, 2.24) is 25.3 Å². The molecule has 3 amide bonds. The van der Waals surface area contributed by atoms with Gasteiger partial charge in [-0.15, -0.1) is 0 Å². The third-order valence-corrected chi connectivity index (χ3v) is 8.27. The van der Waals surface area contributed by atoms with E-state index in [9.17, 15) is 14.4 Å². The Labute approximate surface area is 231 Å². The van der Waals surface area contributed by atoms with Crippen molar-refractivity contribution in [3.63, 3.8) is 0 Å². The fraction of sp³-hybridized carbons (Fsp3) is 0.483. The van der Waals surface area contributed by atoms with E-state index < -0.39 is 0 Å². The maximum atomic E-state index is 13.2. The molecule has 210 valence electrons. The lowest BCUT2D eigenvalue weighted by Crippen LogP contribution is -2.49. The van der Waals surface area contributed by atoms with Crippen LogP contribution in [0, 0.1) is 5.41 Å². The number of carbonyl (C=O) groups excluding carboxylic acids is 3. The minimum absolute atomic E-state index is 0.131. The maximum absolute atomic E-state index is 13.2. The molecule has 2 aromatic heterocycles. The Morgan fingerprint density at radius 3 is 2.42 bits per heavy atom. The second-order valence-electron chi connectivity index (χ2n) is 11.0. The van der Waals surface area contributed by atoms with Gasteiger partial charge < -0.3 is 28.8 Å². The topological polar surface area (TPSA) is 131 Å². The number of hydrogen-bond acceptors (Lipinski definition) is 8. The second kappa shape index (κ2) is 11.1. The first-order valence-corrected chi connectivity index (χ1v) is 13.9. The molecule has 0 bridgehead atoms. The van der Waals surface area contributed by atoms with E-state index in [-0.39, 0.29) is 28.8 Å². The molecular weight excluding hydrogens is 514 g/mol.